The minimum atomic E-state index is -0.380. The van der Waals surface area contributed by atoms with Crippen molar-refractivity contribution in [3.63, 3.8) is 0 Å². The fourth-order valence-electron chi connectivity index (χ4n) is 2.97. The molecule has 2 amide bonds. The number of pyridine rings is 1. The van der Waals surface area contributed by atoms with Gasteiger partial charge in [-0.1, -0.05) is 12.1 Å². The molecule has 7 heteroatoms. The Morgan fingerprint density at radius 3 is 2.29 bits per heavy atom. The fourth-order valence-corrected chi connectivity index (χ4v) is 2.97. The van der Waals surface area contributed by atoms with E-state index in [1.54, 1.807) is 30.3 Å². The van der Waals surface area contributed by atoms with Crippen LogP contribution in [-0.4, -0.2) is 46.9 Å². The minimum Gasteiger partial charge on any atom is -0.397 e. The molecule has 4 N–H and O–H groups in total. The maximum atomic E-state index is 12.3. The molecule has 0 radical (unpaired) electrons. The number of carbonyl (C=O) groups excluding carboxylic acids is 2. The summed E-state index contributed by atoms with van der Waals surface area (Å²) < 4.78 is 0. The predicted molar refractivity (Wildman–Crippen MR) is 112 cm³/mol. The van der Waals surface area contributed by atoms with Crippen molar-refractivity contribution in [3.05, 3.63) is 53.9 Å². The average Bonchev–Trinajstić information content (AvgIpc) is 2.66. The third-order valence-electron chi connectivity index (χ3n) is 4.45. The van der Waals surface area contributed by atoms with Crippen molar-refractivity contribution in [2.45, 2.75) is 39.8 Å². The van der Waals surface area contributed by atoms with E-state index in [1.807, 2.05) is 0 Å². The van der Waals surface area contributed by atoms with Gasteiger partial charge in [0.05, 0.1) is 16.9 Å². The van der Waals surface area contributed by atoms with Gasteiger partial charge in [0.15, 0.2) is 0 Å². The Bertz CT molecular complexity index is 795. The lowest BCUT2D eigenvalue weighted by Gasteiger charge is -2.30. The number of benzene rings is 1. The van der Waals surface area contributed by atoms with Gasteiger partial charge in [0.1, 0.15) is 5.69 Å². The number of para-hydroxylation sites is 2. The van der Waals surface area contributed by atoms with Crippen molar-refractivity contribution in [1.82, 2.24) is 15.2 Å². The van der Waals surface area contributed by atoms with Crippen LogP contribution in [0.5, 0.6) is 0 Å². The molecule has 28 heavy (non-hydrogen) atoms. The quantitative estimate of drug-likeness (QED) is 0.609. The number of hydrogen-bond donors (Lipinski definition) is 3. The number of anilines is 2. The van der Waals surface area contributed by atoms with E-state index in [0.29, 0.717) is 35.6 Å². The van der Waals surface area contributed by atoms with E-state index >= 15 is 0 Å². The molecule has 2 aromatic rings. The third-order valence-corrected chi connectivity index (χ3v) is 4.45. The van der Waals surface area contributed by atoms with Crippen molar-refractivity contribution in [2.24, 2.45) is 0 Å². The molecule has 1 aromatic carbocycles. The normalized spacial score (nSPS) is 11.1. The zero-order chi connectivity index (χ0) is 20.7. The molecule has 0 fully saturated rings. The standard InChI is InChI=1S/C21H29N5O2/c1-14(2)26(15(3)4)12-11-23-20(27)16-9-10-19(24-13-16)21(28)25-18-8-6-5-7-17(18)22/h5-10,13-15H,11-12,22H2,1-4H3,(H,23,27)(H,25,28). The molecule has 0 saturated carbocycles. The van der Waals surface area contributed by atoms with Gasteiger partial charge in [-0.3, -0.25) is 19.5 Å². The summed E-state index contributed by atoms with van der Waals surface area (Å²) in [4.78, 5) is 31.0. The number of nitrogens with one attached hydrogen (secondary N) is 2. The molecule has 150 valence electrons. The zero-order valence-electron chi connectivity index (χ0n) is 16.9. The van der Waals surface area contributed by atoms with Crippen LogP contribution >= 0.6 is 0 Å². The van der Waals surface area contributed by atoms with Gasteiger partial charge in [0.25, 0.3) is 11.8 Å². The highest BCUT2D eigenvalue weighted by molar-refractivity contribution is 6.04. The molecule has 0 atom stereocenters. The predicted octanol–water partition coefficient (Wildman–Crippen LogP) is 2.76. The molecule has 1 heterocycles. The first-order valence-electron chi connectivity index (χ1n) is 9.45. The summed E-state index contributed by atoms with van der Waals surface area (Å²) >= 11 is 0. The Morgan fingerprint density at radius 1 is 1.04 bits per heavy atom. The summed E-state index contributed by atoms with van der Waals surface area (Å²) in [6.07, 6.45) is 1.40. The van der Waals surface area contributed by atoms with E-state index in [-0.39, 0.29) is 17.5 Å². The van der Waals surface area contributed by atoms with Crippen LogP contribution in [0.4, 0.5) is 11.4 Å². The van der Waals surface area contributed by atoms with Gasteiger partial charge in [0, 0.05) is 31.4 Å². The molecule has 0 saturated heterocycles. The van der Waals surface area contributed by atoms with Crippen molar-refractivity contribution >= 4 is 23.2 Å². The summed E-state index contributed by atoms with van der Waals surface area (Å²) in [5.41, 5.74) is 7.45. The lowest BCUT2D eigenvalue weighted by molar-refractivity contribution is 0.0937. The van der Waals surface area contributed by atoms with Crippen LogP contribution in [-0.2, 0) is 0 Å². The molecule has 2 rings (SSSR count). The van der Waals surface area contributed by atoms with Gasteiger partial charge in [-0.15, -0.1) is 0 Å². The Labute approximate surface area is 166 Å². The summed E-state index contributed by atoms with van der Waals surface area (Å²) in [7, 11) is 0. The summed E-state index contributed by atoms with van der Waals surface area (Å²) in [6.45, 7) is 9.87. The molecular weight excluding hydrogens is 354 g/mol. The van der Waals surface area contributed by atoms with E-state index in [9.17, 15) is 9.59 Å². The van der Waals surface area contributed by atoms with Gasteiger partial charge in [-0.05, 0) is 52.0 Å². The number of nitrogens with zero attached hydrogens (tertiary/aromatic N) is 2. The third kappa shape index (κ3) is 5.79. The van der Waals surface area contributed by atoms with Crippen LogP contribution in [0.25, 0.3) is 0 Å². The second kappa shape index (κ2) is 9.85. The van der Waals surface area contributed by atoms with Crippen molar-refractivity contribution in [1.29, 1.82) is 0 Å². The summed E-state index contributed by atoms with van der Waals surface area (Å²) in [5.74, 6) is -0.589. The smallest absolute Gasteiger partial charge is 0.274 e. The second-order valence-electron chi connectivity index (χ2n) is 7.15. The maximum Gasteiger partial charge on any atom is 0.274 e. The number of hydrogen-bond acceptors (Lipinski definition) is 5. The number of aromatic nitrogens is 1. The molecule has 0 aliphatic rings. The lowest BCUT2D eigenvalue weighted by atomic mass is 10.2. The molecule has 0 aliphatic carbocycles. The monoisotopic (exact) mass is 383 g/mol. The number of amides is 2. The topological polar surface area (TPSA) is 100 Å². The van der Waals surface area contributed by atoms with Crippen LogP contribution in [0.3, 0.4) is 0 Å². The number of nitrogens with two attached hydrogens (primary N) is 1. The Kier molecular flexibility index (Phi) is 7.52. The number of nitrogen functional groups attached to an aromatic ring is 1. The summed E-state index contributed by atoms with van der Waals surface area (Å²) in [6, 6.07) is 10.9. The Hall–Kier alpha value is -2.93. The molecule has 0 spiro atoms. The van der Waals surface area contributed by atoms with Crippen molar-refractivity contribution in [3.8, 4) is 0 Å². The van der Waals surface area contributed by atoms with Gasteiger partial charge in [-0.25, -0.2) is 0 Å². The van der Waals surface area contributed by atoms with E-state index in [4.69, 9.17) is 5.73 Å². The van der Waals surface area contributed by atoms with E-state index in [0.717, 1.165) is 6.54 Å². The lowest BCUT2D eigenvalue weighted by Crippen LogP contribution is -2.42. The van der Waals surface area contributed by atoms with Gasteiger partial charge < -0.3 is 16.4 Å². The summed E-state index contributed by atoms with van der Waals surface area (Å²) in [5, 5.41) is 5.61. The highest BCUT2D eigenvalue weighted by Gasteiger charge is 2.14. The largest absolute Gasteiger partial charge is 0.397 e. The Balaban J connectivity index is 1.91. The first kappa shape index (κ1) is 21.4. The van der Waals surface area contributed by atoms with Gasteiger partial charge in [0.2, 0.25) is 0 Å². The van der Waals surface area contributed by atoms with Crippen LogP contribution in [0.15, 0.2) is 42.6 Å². The molecule has 7 nitrogen and oxygen atoms in total. The number of carbonyl (C=O) groups is 2. The average molecular weight is 383 g/mol. The first-order chi connectivity index (χ1) is 13.3. The van der Waals surface area contributed by atoms with Crippen molar-refractivity contribution < 1.29 is 9.59 Å². The SMILES string of the molecule is CC(C)N(CCNC(=O)c1ccc(C(=O)Nc2ccccc2N)nc1)C(C)C. The van der Waals surface area contributed by atoms with Gasteiger partial charge >= 0.3 is 0 Å². The molecule has 1 aromatic heterocycles. The first-order valence-corrected chi connectivity index (χ1v) is 9.45. The van der Waals surface area contributed by atoms with Crippen LogP contribution in [0.1, 0.15) is 48.5 Å². The zero-order valence-corrected chi connectivity index (χ0v) is 16.9. The van der Waals surface area contributed by atoms with Gasteiger partial charge in [-0.2, -0.15) is 0 Å². The van der Waals surface area contributed by atoms with Crippen molar-refractivity contribution in [2.75, 3.05) is 24.1 Å². The highest BCUT2D eigenvalue weighted by atomic mass is 16.2. The molecule has 0 bridgehead atoms. The van der Waals surface area contributed by atoms with E-state index < -0.39 is 0 Å². The fraction of sp³-hybridized carbons (Fsp3) is 0.381. The minimum absolute atomic E-state index is 0.209. The Morgan fingerprint density at radius 2 is 1.71 bits per heavy atom. The maximum absolute atomic E-state index is 12.3. The van der Waals surface area contributed by atoms with E-state index in [1.165, 1.54) is 12.3 Å². The van der Waals surface area contributed by atoms with E-state index in [2.05, 4.69) is 48.2 Å². The molecular formula is C21H29N5O2. The second-order valence-corrected chi connectivity index (χ2v) is 7.15. The molecule has 0 unspecified atom stereocenters. The number of rotatable bonds is 8. The van der Waals surface area contributed by atoms with Crippen LogP contribution in [0, 0.1) is 0 Å². The highest BCUT2D eigenvalue weighted by Crippen LogP contribution is 2.17. The van der Waals surface area contributed by atoms with Crippen LogP contribution in [0.2, 0.25) is 0 Å². The van der Waals surface area contributed by atoms with Crippen LogP contribution < -0.4 is 16.4 Å². The molecule has 0 aliphatic heterocycles.